The minimum Gasteiger partial charge on any atom is -0.481 e. The van der Waals surface area contributed by atoms with E-state index in [1.54, 1.807) is 24.4 Å². The Kier molecular flexibility index (Phi) is 4.77. The smallest absolute Gasteiger partial charge is 0.306 e. The summed E-state index contributed by atoms with van der Waals surface area (Å²) < 4.78 is 0. The first kappa shape index (κ1) is 18.1. The number of hydrogen-bond donors (Lipinski definition) is 2. The monoisotopic (exact) mass is 375 g/mol. The first-order valence-electron chi connectivity index (χ1n) is 9.41. The van der Waals surface area contributed by atoms with Gasteiger partial charge in [-0.15, -0.1) is 0 Å². The van der Waals surface area contributed by atoms with Gasteiger partial charge in [0.25, 0.3) is 0 Å². The molecular weight excluding hydrogens is 354 g/mol. The van der Waals surface area contributed by atoms with Crippen LogP contribution in [0, 0.1) is 5.92 Å². The van der Waals surface area contributed by atoms with Gasteiger partial charge in [0.05, 0.1) is 17.1 Å². The van der Waals surface area contributed by atoms with Crippen molar-refractivity contribution in [2.45, 2.75) is 31.6 Å². The number of carbonyl (C=O) groups is 2. The van der Waals surface area contributed by atoms with Crippen molar-refractivity contribution in [3.05, 3.63) is 59.9 Å². The Hall–Kier alpha value is -3.28. The van der Waals surface area contributed by atoms with E-state index in [9.17, 15) is 14.7 Å². The summed E-state index contributed by atoms with van der Waals surface area (Å²) in [6.45, 7) is 0. The van der Waals surface area contributed by atoms with E-state index in [4.69, 9.17) is 10.7 Å². The van der Waals surface area contributed by atoms with E-state index < -0.39 is 11.9 Å². The summed E-state index contributed by atoms with van der Waals surface area (Å²) >= 11 is 0. The van der Waals surface area contributed by atoms with Crippen LogP contribution in [0.25, 0.3) is 22.2 Å². The molecule has 0 radical (unpaired) electrons. The van der Waals surface area contributed by atoms with Crippen molar-refractivity contribution in [2.75, 3.05) is 0 Å². The summed E-state index contributed by atoms with van der Waals surface area (Å²) in [6, 6.07) is 13.0. The third kappa shape index (κ3) is 3.45. The van der Waals surface area contributed by atoms with Crippen LogP contribution in [0.2, 0.25) is 0 Å². The van der Waals surface area contributed by atoms with Crippen LogP contribution < -0.4 is 5.73 Å². The van der Waals surface area contributed by atoms with Gasteiger partial charge in [0, 0.05) is 34.3 Å². The van der Waals surface area contributed by atoms with E-state index in [-0.39, 0.29) is 11.8 Å². The van der Waals surface area contributed by atoms with E-state index in [2.05, 4.69) is 11.1 Å². The number of nitrogens with two attached hydrogens (primary N) is 1. The van der Waals surface area contributed by atoms with Crippen LogP contribution >= 0.6 is 0 Å². The maximum atomic E-state index is 11.6. The van der Waals surface area contributed by atoms with Crippen molar-refractivity contribution in [1.82, 2.24) is 9.97 Å². The summed E-state index contributed by atoms with van der Waals surface area (Å²) in [5.74, 6) is -1.23. The number of primary amides is 1. The second kappa shape index (κ2) is 7.38. The number of aromatic nitrogens is 2. The largest absolute Gasteiger partial charge is 0.481 e. The Morgan fingerprint density at radius 3 is 2.54 bits per heavy atom. The van der Waals surface area contributed by atoms with Gasteiger partial charge in [-0.05, 0) is 49.9 Å². The van der Waals surface area contributed by atoms with Gasteiger partial charge in [-0.2, -0.15) is 0 Å². The van der Waals surface area contributed by atoms with Crippen LogP contribution in [0.15, 0.2) is 48.7 Å². The highest BCUT2D eigenvalue weighted by Crippen LogP contribution is 2.37. The van der Waals surface area contributed by atoms with Gasteiger partial charge in [0.2, 0.25) is 5.91 Å². The van der Waals surface area contributed by atoms with Crippen LogP contribution in [-0.2, 0) is 4.79 Å². The zero-order valence-electron chi connectivity index (χ0n) is 15.3. The summed E-state index contributed by atoms with van der Waals surface area (Å²) in [7, 11) is 0. The number of aliphatic carboxylic acids is 1. The number of carboxylic acid groups (broad SMARTS) is 1. The first-order chi connectivity index (χ1) is 13.5. The maximum absolute atomic E-state index is 11.6. The second-order valence-electron chi connectivity index (χ2n) is 7.30. The van der Waals surface area contributed by atoms with E-state index in [1.807, 2.05) is 18.2 Å². The maximum Gasteiger partial charge on any atom is 0.306 e. The van der Waals surface area contributed by atoms with E-state index in [0.717, 1.165) is 40.7 Å². The average Bonchev–Trinajstić information content (AvgIpc) is 2.73. The van der Waals surface area contributed by atoms with Crippen molar-refractivity contribution >= 4 is 22.8 Å². The number of carboxylic acids is 1. The van der Waals surface area contributed by atoms with E-state index in [0.29, 0.717) is 18.4 Å². The zero-order chi connectivity index (χ0) is 19.7. The molecule has 28 heavy (non-hydrogen) atoms. The molecular formula is C22H21N3O3. The Morgan fingerprint density at radius 2 is 1.82 bits per heavy atom. The summed E-state index contributed by atoms with van der Waals surface area (Å²) in [5.41, 5.74) is 9.09. The van der Waals surface area contributed by atoms with E-state index >= 15 is 0 Å². The van der Waals surface area contributed by atoms with Gasteiger partial charge in [-0.1, -0.05) is 18.2 Å². The molecule has 0 spiro atoms. The molecule has 6 nitrogen and oxygen atoms in total. The van der Waals surface area contributed by atoms with Crippen molar-refractivity contribution in [1.29, 1.82) is 0 Å². The molecule has 0 atom stereocenters. The fraction of sp³-hybridized carbons (Fsp3) is 0.273. The molecule has 3 N–H and O–H groups in total. The summed E-state index contributed by atoms with van der Waals surface area (Å²) in [4.78, 5) is 32.2. The van der Waals surface area contributed by atoms with Crippen LogP contribution in [0.3, 0.4) is 0 Å². The van der Waals surface area contributed by atoms with Crippen LogP contribution in [0.1, 0.15) is 47.7 Å². The van der Waals surface area contributed by atoms with Crippen molar-refractivity contribution in [2.24, 2.45) is 11.7 Å². The van der Waals surface area contributed by atoms with Crippen LogP contribution in [-0.4, -0.2) is 27.0 Å². The molecule has 142 valence electrons. The van der Waals surface area contributed by atoms with Gasteiger partial charge >= 0.3 is 5.97 Å². The van der Waals surface area contributed by atoms with Gasteiger partial charge < -0.3 is 10.8 Å². The molecule has 1 aliphatic carbocycles. The zero-order valence-corrected chi connectivity index (χ0v) is 15.3. The minimum absolute atomic E-state index is 0.221. The molecule has 1 aromatic carbocycles. The predicted molar refractivity (Wildman–Crippen MR) is 106 cm³/mol. The molecule has 0 bridgehead atoms. The molecule has 0 aliphatic heterocycles. The Morgan fingerprint density at radius 1 is 1.04 bits per heavy atom. The highest BCUT2D eigenvalue weighted by atomic mass is 16.4. The number of hydrogen-bond acceptors (Lipinski definition) is 4. The number of nitrogens with zero attached hydrogens (tertiary/aromatic N) is 2. The Balaban J connectivity index is 1.78. The molecule has 6 heteroatoms. The highest BCUT2D eigenvalue weighted by Gasteiger charge is 2.28. The lowest BCUT2D eigenvalue weighted by Crippen LogP contribution is -2.21. The molecule has 1 amide bonds. The number of carbonyl (C=O) groups excluding carboxylic acids is 1. The second-order valence-corrected chi connectivity index (χ2v) is 7.30. The topological polar surface area (TPSA) is 106 Å². The Labute approximate surface area is 162 Å². The quantitative estimate of drug-likeness (QED) is 0.722. The lowest BCUT2D eigenvalue weighted by atomic mass is 9.80. The Bertz CT molecular complexity index is 1060. The third-order valence-corrected chi connectivity index (χ3v) is 5.52. The van der Waals surface area contributed by atoms with Crippen LogP contribution in [0.5, 0.6) is 0 Å². The first-order valence-corrected chi connectivity index (χ1v) is 9.41. The number of amides is 1. The number of benzene rings is 1. The molecule has 1 aliphatic rings. The molecule has 2 heterocycles. The van der Waals surface area contributed by atoms with Crippen molar-refractivity contribution in [3.8, 4) is 11.3 Å². The van der Waals surface area contributed by atoms with Crippen molar-refractivity contribution in [3.63, 3.8) is 0 Å². The van der Waals surface area contributed by atoms with Crippen LogP contribution in [0.4, 0.5) is 0 Å². The fourth-order valence-electron chi connectivity index (χ4n) is 3.97. The minimum atomic E-state index is -0.710. The number of fused-ring (bicyclic) bond motifs is 1. The van der Waals surface area contributed by atoms with Gasteiger partial charge in [0.15, 0.2) is 0 Å². The third-order valence-electron chi connectivity index (χ3n) is 5.52. The molecule has 2 aromatic heterocycles. The van der Waals surface area contributed by atoms with E-state index in [1.165, 1.54) is 0 Å². The molecule has 3 aromatic rings. The van der Waals surface area contributed by atoms with Gasteiger partial charge in [0.1, 0.15) is 0 Å². The highest BCUT2D eigenvalue weighted by molar-refractivity contribution is 5.96. The number of rotatable bonds is 4. The molecule has 1 fully saturated rings. The normalized spacial score (nSPS) is 19.4. The standard InChI is InChI=1S/C22H21N3O3/c23-21(26)17-4-1-3-15(11-17)20-19-16(5-2-10-24-19)12-18(25-20)13-6-8-14(9-7-13)22(27)28/h1-5,10-14H,6-9H2,(H2,23,26)(H,27,28). The number of pyridine rings is 2. The molecule has 0 unspecified atom stereocenters. The lowest BCUT2D eigenvalue weighted by Gasteiger charge is -2.26. The van der Waals surface area contributed by atoms with Gasteiger partial charge in [-0.25, -0.2) is 0 Å². The summed E-state index contributed by atoms with van der Waals surface area (Å²) in [5, 5.41) is 10.2. The van der Waals surface area contributed by atoms with Crippen molar-refractivity contribution < 1.29 is 14.7 Å². The fourth-order valence-corrected chi connectivity index (χ4v) is 3.97. The van der Waals surface area contributed by atoms with Gasteiger partial charge in [-0.3, -0.25) is 19.6 Å². The molecule has 4 rings (SSSR count). The SMILES string of the molecule is NC(=O)c1cccc(-c2nc(C3CCC(C(=O)O)CC3)cc3cccnc23)c1. The molecule has 0 saturated heterocycles. The average molecular weight is 375 g/mol. The molecule has 1 saturated carbocycles. The lowest BCUT2D eigenvalue weighted by molar-refractivity contribution is -0.142. The summed E-state index contributed by atoms with van der Waals surface area (Å²) in [6.07, 6.45) is 4.66. The predicted octanol–water partition coefficient (Wildman–Crippen LogP) is 3.75.